The minimum Gasteiger partial charge on any atom is -0.493 e. The van der Waals surface area contributed by atoms with Gasteiger partial charge in [0.15, 0.2) is 0 Å². The second kappa shape index (κ2) is 27.7. The standard InChI is InChI=1S/C76H80O4/c1-9-33-77-73-65-41-57(37-53(5)61-25-17-13-18-26-61)42-66(73)50-68-44-59(39-55(7)63-29-21-15-22-30-63)46-70(75(68)79-35-11-3)52-72-48-60(40-56(8)64-31-23-16-24-32-64)47-71(76(72)80-36-12-4)51-69-45-58(38-54(6)62-27-19-14-20-28-62)43-67(49-65)74(69)78-34-10-2/h13-32,37-48H,9-12,33-36,49-52H2,1-8H3/b53-37+,54-38+,55-39+,56-40+. The number of fused-ring (bicyclic) bond motifs is 8. The molecular formula is C76H80O4. The Morgan fingerprint density at radius 1 is 0.287 bits per heavy atom. The Bertz CT molecular complexity index is 2930. The molecule has 0 atom stereocenters. The van der Waals surface area contributed by atoms with Gasteiger partial charge < -0.3 is 18.9 Å². The third-order valence-electron chi connectivity index (χ3n) is 14.8. The van der Waals surface area contributed by atoms with Crippen LogP contribution in [0.4, 0.5) is 0 Å². The zero-order chi connectivity index (χ0) is 55.8. The molecule has 1 aliphatic carbocycles. The fourth-order valence-electron chi connectivity index (χ4n) is 11.0. The Morgan fingerprint density at radius 2 is 0.463 bits per heavy atom. The summed E-state index contributed by atoms with van der Waals surface area (Å²) in [7, 11) is 0. The van der Waals surface area contributed by atoms with Crippen molar-refractivity contribution in [3.05, 3.63) is 259 Å². The van der Waals surface area contributed by atoms with Crippen LogP contribution in [-0.4, -0.2) is 26.4 Å². The quantitative estimate of drug-likeness (QED) is 0.0713. The van der Waals surface area contributed by atoms with E-state index in [0.717, 1.165) is 115 Å². The van der Waals surface area contributed by atoms with Crippen molar-refractivity contribution in [2.24, 2.45) is 0 Å². The lowest BCUT2D eigenvalue weighted by Gasteiger charge is -2.24. The fourth-order valence-corrected chi connectivity index (χ4v) is 11.0. The minimum atomic E-state index is 0.584. The van der Waals surface area contributed by atoms with Gasteiger partial charge in [-0.15, -0.1) is 0 Å². The average molecular weight is 1060 g/mol. The molecule has 8 aromatic rings. The molecule has 8 aromatic carbocycles. The monoisotopic (exact) mass is 1060 g/mol. The smallest absolute Gasteiger partial charge is 0.126 e. The van der Waals surface area contributed by atoms with Crippen molar-refractivity contribution < 1.29 is 18.9 Å². The molecule has 0 N–H and O–H groups in total. The molecule has 0 radical (unpaired) electrons. The maximum atomic E-state index is 7.11. The largest absolute Gasteiger partial charge is 0.493 e. The summed E-state index contributed by atoms with van der Waals surface area (Å²) in [4.78, 5) is 0. The zero-order valence-electron chi connectivity index (χ0n) is 48.6. The van der Waals surface area contributed by atoms with Crippen molar-refractivity contribution in [1.29, 1.82) is 0 Å². The highest BCUT2D eigenvalue weighted by atomic mass is 16.5. The van der Waals surface area contributed by atoms with Gasteiger partial charge >= 0.3 is 0 Å². The average Bonchev–Trinajstić information content (AvgIpc) is 3.53. The van der Waals surface area contributed by atoms with Crippen molar-refractivity contribution in [3.63, 3.8) is 0 Å². The molecule has 1 aliphatic rings. The predicted molar refractivity (Wildman–Crippen MR) is 340 cm³/mol. The van der Waals surface area contributed by atoms with Crippen molar-refractivity contribution in [3.8, 4) is 23.0 Å². The SMILES string of the molecule is CCCOc1c2cc(/C=C(\C)c3ccccc3)cc1Cc1cc(/C=C(\C)c3ccccc3)cc(c1OCCC)Cc1cc(/C=C(\C)c3ccccc3)cc(c1OCCC)Cc1cc(/C=C(\C)c3ccccc3)cc(c1OCCC)C2. The first kappa shape index (κ1) is 56.6. The zero-order valence-corrected chi connectivity index (χ0v) is 48.6. The summed E-state index contributed by atoms with van der Waals surface area (Å²) in [5, 5.41) is 0. The Hall–Kier alpha value is -8.08. The van der Waals surface area contributed by atoms with E-state index in [9.17, 15) is 0 Å². The summed E-state index contributed by atoms with van der Waals surface area (Å²) in [6, 6.07) is 61.7. The summed E-state index contributed by atoms with van der Waals surface area (Å²) in [6.07, 6.45) is 15.2. The maximum Gasteiger partial charge on any atom is 0.126 e. The Kier molecular flexibility index (Phi) is 19.6. The Balaban J connectivity index is 1.39. The van der Waals surface area contributed by atoms with Crippen molar-refractivity contribution in [2.45, 2.75) is 107 Å². The summed E-state index contributed by atoms with van der Waals surface area (Å²) >= 11 is 0. The van der Waals surface area contributed by atoms with Crippen LogP contribution in [-0.2, 0) is 25.7 Å². The van der Waals surface area contributed by atoms with Crippen molar-refractivity contribution in [2.75, 3.05) is 26.4 Å². The minimum absolute atomic E-state index is 0.584. The lowest BCUT2D eigenvalue weighted by molar-refractivity contribution is 0.304. The first-order chi connectivity index (χ1) is 39.1. The van der Waals surface area contributed by atoms with Crippen LogP contribution in [0.3, 0.4) is 0 Å². The van der Waals surface area contributed by atoms with E-state index in [-0.39, 0.29) is 0 Å². The van der Waals surface area contributed by atoms with Crippen LogP contribution in [0.25, 0.3) is 46.6 Å². The highest BCUT2D eigenvalue weighted by molar-refractivity contribution is 5.84. The van der Waals surface area contributed by atoms with E-state index in [1.54, 1.807) is 0 Å². The normalized spacial score (nSPS) is 13.0. The Labute approximate surface area is 478 Å². The van der Waals surface area contributed by atoms with Gasteiger partial charge in [-0.25, -0.2) is 0 Å². The van der Waals surface area contributed by atoms with Gasteiger partial charge in [-0.2, -0.15) is 0 Å². The summed E-state index contributed by atoms with van der Waals surface area (Å²) in [5.74, 6) is 3.70. The molecule has 0 saturated carbocycles. The molecule has 9 rings (SSSR count). The van der Waals surface area contributed by atoms with Crippen LogP contribution in [0, 0.1) is 0 Å². The van der Waals surface area contributed by atoms with Gasteiger partial charge in [0.1, 0.15) is 23.0 Å². The maximum absolute atomic E-state index is 7.11. The molecule has 0 amide bonds. The van der Waals surface area contributed by atoms with Gasteiger partial charge in [-0.3, -0.25) is 0 Å². The molecular weight excluding hydrogens is 977 g/mol. The van der Waals surface area contributed by atoms with Crippen LogP contribution < -0.4 is 18.9 Å². The van der Waals surface area contributed by atoms with E-state index >= 15 is 0 Å². The van der Waals surface area contributed by atoms with Crippen LogP contribution in [0.15, 0.2) is 170 Å². The van der Waals surface area contributed by atoms with E-state index in [4.69, 9.17) is 18.9 Å². The highest BCUT2D eigenvalue weighted by Crippen LogP contribution is 2.43. The molecule has 0 saturated heterocycles. The molecule has 4 heteroatoms. The van der Waals surface area contributed by atoms with Gasteiger partial charge in [0.05, 0.1) is 26.4 Å². The second-order valence-electron chi connectivity index (χ2n) is 21.5. The van der Waals surface area contributed by atoms with Crippen molar-refractivity contribution in [1.82, 2.24) is 0 Å². The lowest BCUT2D eigenvalue weighted by Crippen LogP contribution is -2.11. The number of hydrogen-bond donors (Lipinski definition) is 0. The Morgan fingerprint density at radius 3 is 0.625 bits per heavy atom. The van der Waals surface area contributed by atoms with Crippen LogP contribution in [0.5, 0.6) is 23.0 Å². The van der Waals surface area contributed by atoms with Gasteiger partial charge in [0.25, 0.3) is 0 Å². The highest BCUT2D eigenvalue weighted by Gasteiger charge is 2.25. The van der Waals surface area contributed by atoms with Crippen molar-refractivity contribution >= 4 is 46.6 Å². The van der Waals surface area contributed by atoms with Crippen LogP contribution in [0.1, 0.15) is 170 Å². The first-order valence-electron chi connectivity index (χ1n) is 29.2. The second-order valence-corrected chi connectivity index (χ2v) is 21.5. The number of rotatable bonds is 20. The summed E-state index contributed by atoms with van der Waals surface area (Å²) < 4.78 is 28.5. The van der Waals surface area contributed by atoms with Gasteiger partial charge in [0, 0.05) is 25.7 Å². The first-order valence-corrected chi connectivity index (χ1v) is 29.2. The third-order valence-corrected chi connectivity index (χ3v) is 14.8. The number of benzene rings is 8. The lowest BCUT2D eigenvalue weighted by atomic mass is 9.87. The molecule has 8 bridgehead atoms. The third kappa shape index (κ3) is 14.4. The molecule has 408 valence electrons. The number of hydrogen-bond acceptors (Lipinski definition) is 4. The molecule has 0 heterocycles. The van der Waals surface area contributed by atoms with Crippen LogP contribution >= 0.6 is 0 Å². The van der Waals surface area contributed by atoms with Gasteiger partial charge in [-0.1, -0.05) is 173 Å². The van der Waals surface area contributed by atoms with Gasteiger partial charge in [-0.05, 0) is 213 Å². The number of allylic oxidation sites excluding steroid dienone is 4. The van der Waals surface area contributed by atoms with E-state index in [2.05, 4.69) is 250 Å². The molecule has 80 heavy (non-hydrogen) atoms. The van der Waals surface area contributed by atoms with E-state index in [0.29, 0.717) is 52.1 Å². The molecule has 0 aliphatic heterocycles. The van der Waals surface area contributed by atoms with Crippen LogP contribution in [0.2, 0.25) is 0 Å². The molecule has 0 aromatic heterocycles. The fraction of sp³-hybridized carbons (Fsp3) is 0.263. The summed E-state index contributed by atoms with van der Waals surface area (Å²) in [6.45, 7) is 20.0. The topological polar surface area (TPSA) is 36.9 Å². The van der Waals surface area contributed by atoms with E-state index in [1.807, 2.05) is 0 Å². The molecule has 0 spiro atoms. The van der Waals surface area contributed by atoms with E-state index < -0.39 is 0 Å². The molecule has 0 unspecified atom stereocenters. The summed E-state index contributed by atoms with van der Waals surface area (Å²) in [5.41, 5.74) is 23.0. The molecule has 0 fully saturated rings. The molecule has 4 nitrogen and oxygen atoms in total. The number of ether oxygens (including phenoxy) is 4. The predicted octanol–water partition coefficient (Wildman–Crippen LogP) is 19.8. The van der Waals surface area contributed by atoms with E-state index in [1.165, 1.54) is 44.5 Å². The van der Waals surface area contributed by atoms with Gasteiger partial charge in [0.2, 0.25) is 0 Å².